The van der Waals surface area contributed by atoms with Gasteiger partial charge in [-0.15, -0.1) is 6.58 Å². The van der Waals surface area contributed by atoms with Gasteiger partial charge in [-0.3, -0.25) is 0 Å². The van der Waals surface area contributed by atoms with E-state index in [-0.39, 0.29) is 0 Å². The molecule has 0 radical (unpaired) electrons. The lowest BCUT2D eigenvalue weighted by Gasteiger charge is -2.10. The average molecular weight is 216 g/mol. The van der Waals surface area contributed by atoms with Crippen molar-refractivity contribution in [1.29, 1.82) is 5.26 Å². The summed E-state index contributed by atoms with van der Waals surface area (Å²) in [7, 11) is 1.60. The topological polar surface area (TPSA) is 45.0 Å². The first-order valence-corrected chi connectivity index (χ1v) is 5.24. The minimum absolute atomic E-state index is 0.605. The molecule has 1 aromatic carbocycles. The fourth-order valence-corrected chi connectivity index (χ4v) is 1.38. The van der Waals surface area contributed by atoms with Crippen LogP contribution in [0.5, 0.6) is 5.75 Å². The number of rotatable bonds is 6. The van der Waals surface area contributed by atoms with Crippen molar-refractivity contribution in [2.24, 2.45) is 0 Å². The molecule has 0 saturated heterocycles. The molecule has 84 valence electrons. The summed E-state index contributed by atoms with van der Waals surface area (Å²) >= 11 is 0. The molecule has 0 atom stereocenters. The number of unbranched alkanes of at least 4 members (excludes halogenated alkanes) is 1. The second-order valence-corrected chi connectivity index (χ2v) is 3.38. The van der Waals surface area contributed by atoms with Crippen LogP contribution in [0.3, 0.4) is 0 Å². The Morgan fingerprint density at radius 1 is 1.56 bits per heavy atom. The van der Waals surface area contributed by atoms with Gasteiger partial charge in [0.1, 0.15) is 5.75 Å². The van der Waals surface area contributed by atoms with Crippen molar-refractivity contribution in [2.45, 2.75) is 12.8 Å². The molecule has 0 fully saturated rings. The number of anilines is 1. The smallest absolute Gasteiger partial charge is 0.143 e. The Hall–Kier alpha value is -1.95. The normalized spacial score (nSPS) is 9.25. The Balaban J connectivity index is 2.65. The van der Waals surface area contributed by atoms with Crippen LogP contribution >= 0.6 is 0 Å². The van der Waals surface area contributed by atoms with E-state index in [0.717, 1.165) is 25.1 Å². The number of nitrogens with one attached hydrogen (secondary N) is 1. The monoisotopic (exact) mass is 216 g/mol. The summed E-state index contributed by atoms with van der Waals surface area (Å²) in [5.41, 5.74) is 1.53. The Morgan fingerprint density at radius 2 is 2.38 bits per heavy atom. The third-order valence-corrected chi connectivity index (χ3v) is 2.23. The van der Waals surface area contributed by atoms with Crippen molar-refractivity contribution in [3.05, 3.63) is 36.4 Å². The molecule has 0 aliphatic heterocycles. The number of nitrogens with zero attached hydrogens (tertiary/aromatic N) is 1. The lowest BCUT2D eigenvalue weighted by Crippen LogP contribution is -2.02. The molecule has 0 unspecified atom stereocenters. The van der Waals surface area contributed by atoms with Crippen LogP contribution in [-0.4, -0.2) is 13.7 Å². The summed E-state index contributed by atoms with van der Waals surface area (Å²) in [5, 5.41) is 12.0. The Kier molecular flexibility index (Phi) is 4.94. The maximum atomic E-state index is 8.76. The Morgan fingerprint density at radius 3 is 3.00 bits per heavy atom. The molecule has 0 amide bonds. The standard InChI is InChI=1S/C13H16N2O/c1-3-4-5-8-15-12-7-6-11(10-14)9-13(12)16-2/h3,6-7,9,15H,1,4-5,8H2,2H3. The van der Waals surface area contributed by atoms with Gasteiger partial charge >= 0.3 is 0 Å². The number of ether oxygens (including phenoxy) is 1. The first kappa shape index (κ1) is 12.1. The second kappa shape index (κ2) is 6.52. The number of allylic oxidation sites excluding steroid dienone is 1. The van der Waals surface area contributed by atoms with Gasteiger partial charge in [-0.25, -0.2) is 0 Å². The van der Waals surface area contributed by atoms with E-state index in [2.05, 4.69) is 18.0 Å². The van der Waals surface area contributed by atoms with Crippen LogP contribution < -0.4 is 10.1 Å². The lowest BCUT2D eigenvalue weighted by molar-refractivity contribution is 0.416. The molecule has 0 spiro atoms. The Bertz CT molecular complexity index is 393. The summed E-state index contributed by atoms with van der Waals surface area (Å²) < 4.78 is 5.21. The molecule has 0 aliphatic rings. The van der Waals surface area contributed by atoms with Gasteiger partial charge in [0.15, 0.2) is 0 Å². The molecule has 3 nitrogen and oxygen atoms in total. The van der Waals surface area contributed by atoms with E-state index in [9.17, 15) is 0 Å². The zero-order valence-corrected chi connectivity index (χ0v) is 9.49. The van der Waals surface area contributed by atoms with E-state index < -0.39 is 0 Å². The highest BCUT2D eigenvalue weighted by Gasteiger charge is 2.03. The lowest BCUT2D eigenvalue weighted by atomic mass is 10.2. The molecule has 0 saturated carbocycles. The van der Waals surface area contributed by atoms with Crippen LogP contribution in [0, 0.1) is 11.3 Å². The van der Waals surface area contributed by atoms with Crippen LogP contribution in [0.4, 0.5) is 5.69 Å². The summed E-state index contributed by atoms with van der Waals surface area (Å²) in [5.74, 6) is 0.706. The number of benzene rings is 1. The van der Waals surface area contributed by atoms with Gasteiger partial charge in [-0.05, 0) is 25.0 Å². The minimum Gasteiger partial charge on any atom is -0.495 e. The number of hydrogen-bond acceptors (Lipinski definition) is 3. The third kappa shape index (κ3) is 3.32. The van der Waals surface area contributed by atoms with Gasteiger partial charge in [0, 0.05) is 12.6 Å². The number of methoxy groups -OCH3 is 1. The van der Waals surface area contributed by atoms with Gasteiger partial charge in [0.05, 0.1) is 24.4 Å². The Labute approximate surface area is 96.4 Å². The minimum atomic E-state index is 0.605. The van der Waals surface area contributed by atoms with Crippen LogP contribution in [0.1, 0.15) is 18.4 Å². The molecule has 16 heavy (non-hydrogen) atoms. The molecule has 1 aromatic rings. The largest absolute Gasteiger partial charge is 0.495 e. The predicted octanol–water partition coefficient (Wildman–Crippen LogP) is 2.94. The van der Waals surface area contributed by atoms with Crippen LogP contribution in [0.2, 0.25) is 0 Å². The molecule has 0 aromatic heterocycles. The van der Waals surface area contributed by atoms with Crippen LogP contribution in [0.15, 0.2) is 30.9 Å². The summed E-state index contributed by atoms with van der Waals surface area (Å²) in [6.45, 7) is 4.54. The number of nitriles is 1. The van der Waals surface area contributed by atoms with E-state index in [1.165, 1.54) is 0 Å². The molecule has 0 aliphatic carbocycles. The highest BCUT2D eigenvalue weighted by atomic mass is 16.5. The molecule has 3 heteroatoms. The average Bonchev–Trinajstić information content (AvgIpc) is 2.34. The maximum Gasteiger partial charge on any atom is 0.143 e. The van der Waals surface area contributed by atoms with Crippen molar-refractivity contribution in [2.75, 3.05) is 19.0 Å². The third-order valence-electron chi connectivity index (χ3n) is 2.23. The fraction of sp³-hybridized carbons (Fsp3) is 0.308. The van der Waals surface area contributed by atoms with Gasteiger partial charge in [-0.2, -0.15) is 5.26 Å². The van der Waals surface area contributed by atoms with E-state index in [1.807, 2.05) is 12.1 Å². The summed E-state index contributed by atoms with van der Waals surface area (Å²) in [6.07, 6.45) is 3.93. The van der Waals surface area contributed by atoms with Crippen molar-refractivity contribution in [3.8, 4) is 11.8 Å². The zero-order valence-electron chi connectivity index (χ0n) is 9.49. The summed E-state index contributed by atoms with van der Waals surface area (Å²) in [6, 6.07) is 7.46. The maximum absolute atomic E-state index is 8.76. The van der Waals surface area contributed by atoms with Crippen LogP contribution in [-0.2, 0) is 0 Å². The first-order chi connectivity index (χ1) is 7.81. The molecular weight excluding hydrogens is 200 g/mol. The quantitative estimate of drug-likeness (QED) is 0.587. The second-order valence-electron chi connectivity index (χ2n) is 3.38. The SMILES string of the molecule is C=CCCCNc1ccc(C#N)cc1OC. The van der Waals surface area contributed by atoms with Crippen molar-refractivity contribution >= 4 is 5.69 Å². The van der Waals surface area contributed by atoms with Gasteiger partial charge in [0.25, 0.3) is 0 Å². The van der Waals surface area contributed by atoms with Crippen molar-refractivity contribution < 1.29 is 4.74 Å². The fourth-order valence-electron chi connectivity index (χ4n) is 1.38. The van der Waals surface area contributed by atoms with Crippen LogP contribution in [0.25, 0.3) is 0 Å². The number of hydrogen-bond donors (Lipinski definition) is 1. The zero-order chi connectivity index (χ0) is 11.8. The molecule has 0 heterocycles. The summed E-state index contributed by atoms with van der Waals surface area (Å²) in [4.78, 5) is 0. The van der Waals surface area contributed by atoms with Gasteiger partial charge in [0.2, 0.25) is 0 Å². The molecule has 1 N–H and O–H groups in total. The molecule has 1 rings (SSSR count). The van der Waals surface area contributed by atoms with E-state index >= 15 is 0 Å². The highest BCUT2D eigenvalue weighted by Crippen LogP contribution is 2.25. The van der Waals surface area contributed by atoms with Crippen molar-refractivity contribution in [1.82, 2.24) is 0 Å². The van der Waals surface area contributed by atoms with Crippen molar-refractivity contribution in [3.63, 3.8) is 0 Å². The first-order valence-electron chi connectivity index (χ1n) is 5.24. The van der Waals surface area contributed by atoms with Gasteiger partial charge < -0.3 is 10.1 Å². The van der Waals surface area contributed by atoms with Gasteiger partial charge in [-0.1, -0.05) is 6.08 Å². The van der Waals surface area contributed by atoms with E-state index in [0.29, 0.717) is 11.3 Å². The molecular formula is C13H16N2O. The van der Waals surface area contributed by atoms with E-state index in [1.54, 1.807) is 19.2 Å². The van der Waals surface area contributed by atoms with E-state index in [4.69, 9.17) is 10.00 Å². The molecule has 0 bridgehead atoms. The predicted molar refractivity (Wildman–Crippen MR) is 65.6 cm³/mol. The highest BCUT2D eigenvalue weighted by molar-refractivity contribution is 5.59.